The number of nitriles is 1. The van der Waals surface area contributed by atoms with Gasteiger partial charge in [-0.15, -0.1) is 9.42 Å². The van der Waals surface area contributed by atoms with Gasteiger partial charge in [-0.3, -0.25) is 0 Å². The molecule has 0 fully saturated rings. The summed E-state index contributed by atoms with van der Waals surface area (Å²) in [7, 11) is -2.54. The number of furan rings is 1. The summed E-state index contributed by atoms with van der Waals surface area (Å²) in [6, 6.07) is 18.3. The highest BCUT2D eigenvalue weighted by Crippen LogP contribution is 2.32. The molecular formula is C28H34N2O5P+. The molecule has 2 aromatic carbocycles. The zero-order valence-corrected chi connectivity index (χ0v) is 21.8. The van der Waals surface area contributed by atoms with Crippen molar-refractivity contribution in [3.8, 4) is 23.1 Å². The number of rotatable bonds is 15. The van der Waals surface area contributed by atoms with Gasteiger partial charge in [-0.1, -0.05) is 32.0 Å². The van der Waals surface area contributed by atoms with E-state index in [1.807, 2.05) is 30.3 Å². The Hall–Kier alpha value is -3.01. The van der Waals surface area contributed by atoms with Gasteiger partial charge in [-0.25, -0.2) is 0 Å². The minimum absolute atomic E-state index is 0.239. The SMILES string of the molecule is CC(C)Cc1ccc(CCCOc2ccc(CNCCCO[P+](=O)O)cc2-c2ccco2)cc1C#N. The number of ether oxygens (including phenoxy) is 1. The monoisotopic (exact) mass is 509 g/mol. The van der Waals surface area contributed by atoms with E-state index < -0.39 is 8.25 Å². The molecule has 3 aromatic rings. The Balaban J connectivity index is 1.55. The van der Waals surface area contributed by atoms with Crippen LogP contribution in [0, 0.1) is 17.2 Å². The molecule has 1 aromatic heterocycles. The number of benzene rings is 2. The number of hydrogen-bond acceptors (Lipinski definition) is 6. The maximum Gasteiger partial charge on any atom is 0.694 e. The quantitative estimate of drug-likeness (QED) is 0.186. The fourth-order valence-corrected chi connectivity index (χ4v) is 4.25. The average molecular weight is 510 g/mol. The van der Waals surface area contributed by atoms with Crippen LogP contribution in [0.25, 0.3) is 11.3 Å². The first-order chi connectivity index (χ1) is 17.5. The fraction of sp³-hybridized carbons (Fsp3) is 0.393. The third-order valence-electron chi connectivity index (χ3n) is 5.65. The lowest BCUT2D eigenvalue weighted by Crippen LogP contribution is -2.16. The highest BCUT2D eigenvalue weighted by atomic mass is 31.1. The Morgan fingerprint density at radius 2 is 1.94 bits per heavy atom. The van der Waals surface area contributed by atoms with Crippen LogP contribution >= 0.6 is 8.25 Å². The van der Waals surface area contributed by atoms with Crippen molar-refractivity contribution in [2.24, 2.45) is 5.92 Å². The van der Waals surface area contributed by atoms with Crippen LogP contribution in [0.1, 0.15) is 48.9 Å². The molecule has 0 aliphatic carbocycles. The van der Waals surface area contributed by atoms with Crippen molar-refractivity contribution >= 4 is 8.25 Å². The highest BCUT2D eigenvalue weighted by molar-refractivity contribution is 7.32. The first-order valence-electron chi connectivity index (χ1n) is 12.3. The van der Waals surface area contributed by atoms with Crippen molar-refractivity contribution < 1.29 is 23.1 Å². The van der Waals surface area contributed by atoms with Crippen LogP contribution in [0.4, 0.5) is 0 Å². The maximum absolute atomic E-state index is 10.5. The second kappa shape index (κ2) is 14.5. The molecule has 0 bridgehead atoms. The smallest absolute Gasteiger partial charge is 0.493 e. The predicted molar refractivity (Wildman–Crippen MR) is 140 cm³/mol. The van der Waals surface area contributed by atoms with E-state index in [-0.39, 0.29) is 6.61 Å². The highest BCUT2D eigenvalue weighted by Gasteiger charge is 2.12. The van der Waals surface area contributed by atoms with Crippen molar-refractivity contribution in [2.45, 2.75) is 46.1 Å². The van der Waals surface area contributed by atoms with E-state index in [0.717, 1.165) is 58.6 Å². The number of aryl methyl sites for hydroxylation is 1. The molecule has 36 heavy (non-hydrogen) atoms. The van der Waals surface area contributed by atoms with Crippen LogP contribution in [-0.2, 0) is 28.5 Å². The Morgan fingerprint density at radius 1 is 1.11 bits per heavy atom. The van der Waals surface area contributed by atoms with Gasteiger partial charge in [0.2, 0.25) is 0 Å². The van der Waals surface area contributed by atoms with Gasteiger partial charge in [0.15, 0.2) is 0 Å². The molecule has 0 spiro atoms. The van der Waals surface area contributed by atoms with Gasteiger partial charge < -0.3 is 14.5 Å². The topological polar surface area (TPSA) is 105 Å². The van der Waals surface area contributed by atoms with E-state index in [1.54, 1.807) is 6.26 Å². The molecular weight excluding hydrogens is 475 g/mol. The van der Waals surface area contributed by atoms with Gasteiger partial charge in [0, 0.05) is 11.1 Å². The standard InChI is InChI=1S/C28H33N2O5P/c1-21(2)16-24-10-8-22(17-25(24)19-29)6-3-13-34-28-11-9-23(18-26(28)27-7-4-14-33-27)20-30-12-5-15-35-36(31)32/h4,7-11,14,17-18,21,30H,3,5-6,12-13,15-16,20H2,1-2H3/p+1. The van der Waals surface area contributed by atoms with Crippen molar-refractivity contribution in [1.82, 2.24) is 5.32 Å². The fourth-order valence-electron chi connectivity index (χ4n) is 3.97. The third kappa shape index (κ3) is 8.89. The lowest BCUT2D eigenvalue weighted by molar-refractivity contribution is 0.276. The van der Waals surface area contributed by atoms with Gasteiger partial charge in [-0.05, 0) is 85.2 Å². The Kier molecular flexibility index (Phi) is 11.1. The van der Waals surface area contributed by atoms with Crippen LogP contribution in [0.2, 0.25) is 0 Å². The maximum atomic E-state index is 10.5. The van der Waals surface area contributed by atoms with Crippen molar-refractivity contribution in [2.75, 3.05) is 19.8 Å². The molecule has 0 radical (unpaired) electrons. The van der Waals surface area contributed by atoms with Crippen LogP contribution in [0.5, 0.6) is 5.75 Å². The zero-order chi connectivity index (χ0) is 25.8. The molecule has 2 N–H and O–H groups in total. The number of nitrogens with zero attached hydrogens (tertiary/aromatic N) is 1. The lowest BCUT2D eigenvalue weighted by atomic mass is 9.96. The summed E-state index contributed by atoms with van der Waals surface area (Å²) < 4.78 is 27.0. The summed E-state index contributed by atoms with van der Waals surface area (Å²) in [5.41, 5.74) is 4.99. The molecule has 0 saturated carbocycles. The molecule has 1 unspecified atom stereocenters. The molecule has 190 valence electrons. The van der Waals surface area contributed by atoms with E-state index in [1.165, 1.54) is 0 Å². The summed E-state index contributed by atoms with van der Waals surface area (Å²) in [4.78, 5) is 8.66. The van der Waals surface area contributed by atoms with E-state index in [9.17, 15) is 9.83 Å². The second-order valence-electron chi connectivity index (χ2n) is 9.06. The lowest BCUT2D eigenvalue weighted by Gasteiger charge is -2.13. The van der Waals surface area contributed by atoms with Crippen molar-refractivity contribution in [3.05, 3.63) is 77.0 Å². The molecule has 8 heteroatoms. The van der Waals surface area contributed by atoms with Gasteiger partial charge in [0.25, 0.3) is 0 Å². The van der Waals surface area contributed by atoms with Crippen molar-refractivity contribution in [1.29, 1.82) is 5.26 Å². The summed E-state index contributed by atoms with van der Waals surface area (Å²) >= 11 is 0. The Bertz CT molecular complexity index is 1160. The van der Waals surface area contributed by atoms with Crippen LogP contribution < -0.4 is 10.1 Å². The molecule has 0 aliphatic heterocycles. The van der Waals surface area contributed by atoms with E-state index in [0.29, 0.717) is 32.0 Å². The van der Waals surface area contributed by atoms with Crippen LogP contribution in [-0.4, -0.2) is 24.7 Å². The van der Waals surface area contributed by atoms with Gasteiger partial charge in [0.1, 0.15) is 18.1 Å². The third-order valence-corrected chi connectivity index (χ3v) is 6.05. The van der Waals surface area contributed by atoms with Gasteiger partial charge >= 0.3 is 8.25 Å². The predicted octanol–water partition coefficient (Wildman–Crippen LogP) is 6.17. The minimum atomic E-state index is -2.54. The minimum Gasteiger partial charge on any atom is -0.493 e. The van der Waals surface area contributed by atoms with Crippen LogP contribution in [0.3, 0.4) is 0 Å². The summed E-state index contributed by atoms with van der Waals surface area (Å²) in [5.74, 6) is 2.02. The summed E-state index contributed by atoms with van der Waals surface area (Å²) in [5, 5.41) is 12.8. The average Bonchev–Trinajstić information content (AvgIpc) is 3.39. The summed E-state index contributed by atoms with van der Waals surface area (Å²) in [6.07, 6.45) is 4.86. The number of hydrogen-bond donors (Lipinski definition) is 2. The molecule has 7 nitrogen and oxygen atoms in total. The molecule has 1 heterocycles. The van der Waals surface area contributed by atoms with Gasteiger partial charge in [-0.2, -0.15) is 5.26 Å². The van der Waals surface area contributed by atoms with E-state index >= 15 is 0 Å². The first-order valence-corrected chi connectivity index (χ1v) is 13.4. The molecule has 0 aliphatic rings. The number of nitrogens with one attached hydrogen (secondary N) is 1. The molecule has 0 amide bonds. The van der Waals surface area contributed by atoms with E-state index in [2.05, 4.69) is 48.0 Å². The second-order valence-corrected chi connectivity index (χ2v) is 9.80. The van der Waals surface area contributed by atoms with Crippen LogP contribution in [0.15, 0.2) is 59.2 Å². The Morgan fingerprint density at radius 3 is 2.67 bits per heavy atom. The molecule has 3 rings (SSSR count). The summed E-state index contributed by atoms with van der Waals surface area (Å²) in [6.45, 7) is 6.43. The van der Waals surface area contributed by atoms with Gasteiger partial charge in [0.05, 0.1) is 30.1 Å². The van der Waals surface area contributed by atoms with Crippen molar-refractivity contribution in [3.63, 3.8) is 0 Å². The molecule has 1 atom stereocenters. The zero-order valence-electron chi connectivity index (χ0n) is 20.9. The Labute approximate surface area is 214 Å². The first kappa shape index (κ1) is 27.6. The van der Waals surface area contributed by atoms with E-state index in [4.69, 9.17) is 14.0 Å². The normalized spacial score (nSPS) is 11.5. The largest absolute Gasteiger partial charge is 0.694 e. The molecule has 0 saturated heterocycles.